The summed E-state index contributed by atoms with van der Waals surface area (Å²) in [5.74, 6) is 0.899. The molecule has 122 valence electrons. The van der Waals surface area contributed by atoms with Crippen molar-refractivity contribution in [1.82, 2.24) is 25.4 Å². The largest absolute Gasteiger partial charge is 0.354 e. The highest BCUT2D eigenvalue weighted by Crippen LogP contribution is 2.28. The Balaban J connectivity index is 1.49. The Hall–Kier alpha value is -1.95. The Kier molecular flexibility index (Phi) is 3.99. The SMILES string of the molecule is O=C(NCCn1nc([C@H]2CCNC2)c2cccnc21)C1CCC1. The average Bonchev–Trinajstić information content (AvgIpc) is 3.13. The van der Waals surface area contributed by atoms with Crippen LogP contribution in [0.5, 0.6) is 0 Å². The summed E-state index contributed by atoms with van der Waals surface area (Å²) in [6.45, 7) is 3.33. The van der Waals surface area contributed by atoms with Crippen molar-refractivity contribution in [2.24, 2.45) is 5.92 Å². The van der Waals surface area contributed by atoms with Crippen LogP contribution in [0.3, 0.4) is 0 Å². The molecule has 2 N–H and O–H groups in total. The molecule has 1 aliphatic heterocycles. The number of carbonyl (C=O) groups excluding carboxylic acids is 1. The molecule has 6 heteroatoms. The van der Waals surface area contributed by atoms with Gasteiger partial charge in [-0.15, -0.1) is 0 Å². The van der Waals surface area contributed by atoms with Crippen LogP contribution in [0.2, 0.25) is 0 Å². The predicted octanol–water partition coefficient (Wildman–Crippen LogP) is 1.42. The van der Waals surface area contributed by atoms with Crippen molar-refractivity contribution in [1.29, 1.82) is 0 Å². The zero-order valence-corrected chi connectivity index (χ0v) is 13.3. The van der Waals surface area contributed by atoms with Gasteiger partial charge in [0.1, 0.15) is 0 Å². The molecule has 23 heavy (non-hydrogen) atoms. The molecule has 0 aromatic carbocycles. The van der Waals surface area contributed by atoms with Gasteiger partial charge in [-0.25, -0.2) is 9.67 Å². The molecule has 0 radical (unpaired) electrons. The molecule has 6 nitrogen and oxygen atoms in total. The molecule has 2 aliphatic rings. The third-order valence-corrected chi connectivity index (χ3v) is 5.08. The van der Waals surface area contributed by atoms with E-state index in [1.807, 2.05) is 16.9 Å². The molecule has 2 aromatic heterocycles. The summed E-state index contributed by atoms with van der Waals surface area (Å²) in [6.07, 6.45) is 6.20. The molecule has 1 saturated heterocycles. The number of pyridine rings is 1. The van der Waals surface area contributed by atoms with Gasteiger partial charge in [-0.1, -0.05) is 6.42 Å². The third kappa shape index (κ3) is 2.83. The Morgan fingerprint density at radius 1 is 1.39 bits per heavy atom. The molecule has 1 saturated carbocycles. The van der Waals surface area contributed by atoms with Crippen molar-refractivity contribution in [3.8, 4) is 0 Å². The fourth-order valence-electron chi connectivity index (χ4n) is 3.48. The summed E-state index contributed by atoms with van der Waals surface area (Å²) in [4.78, 5) is 16.4. The molecule has 0 spiro atoms. The quantitative estimate of drug-likeness (QED) is 0.876. The van der Waals surface area contributed by atoms with Gasteiger partial charge in [0.2, 0.25) is 5.91 Å². The topological polar surface area (TPSA) is 71.8 Å². The van der Waals surface area contributed by atoms with Gasteiger partial charge in [-0.2, -0.15) is 5.10 Å². The monoisotopic (exact) mass is 313 g/mol. The van der Waals surface area contributed by atoms with E-state index in [1.165, 1.54) is 6.42 Å². The number of nitrogens with zero attached hydrogens (tertiary/aromatic N) is 3. The molecule has 2 aromatic rings. The maximum Gasteiger partial charge on any atom is 0.223 e. The summed E-state index contributed by atoms with van der Waals surface area (Å²) >= 11 is 0. The highest BCUT2D eigenvalue weighted by atomic mass is 16.1. The lowest BCUT2D eigenvalue weighted by Gasteiger charge is -2.23. The van der Waals surface area contributed by atoms with E-state index in [9.17, 15) is 4.79 Å². The van der Waals surface area contributed by atoms with Crippen molar-refractivity contribution in [2.45, 2.75) is 38.1 Å². The van der Waals surface area contributed by atoms with Crippen LogP contribution in [-0.2, 0) is 11.3 Å². The minimum absolute atomic E-state index is 0.195. The summed E-state index contributed by atoms with van der Waals surface area (Å²) in [6, 6.07) is 4.07. The van der Waals surface area contributed by atoms with Crippen LogP contribution in [0.15, 0.2) is 18.3 Å². The number of nitrogens with one attached hydrogen (secondary N) is 2. The lowest BCUT2D eigenvalue weighted by atomic mass is 9.85. The number of hydrogen-bond acceptors (Lipinski definition) is 4. The van der Waals surface area contributed by atoms with Crippen molar-refractivity contribution >= 4 is 16.9 Å². The van der Waals surface area contributed by atoms with Crippen LogP contribution in [0, 0.1) is 5.92 Å². The molecule has 0 unspecified atom stereocenters. The fraction of sp³-hybridized carbons (Fsp3) is 0.588. The number of fused-ring (bicyclic) bond motifs is 1. The minimum Gasteiger partial charge on any atom is -0.354 e. The summed E-state index contributed by atoms with van der Waals surface area (Å²) < 4.78 is 1.95. The van der Waals surface area contributed by atoms with E-state index in [-0.39, 0.29) is 11.8 Å². The third-order valence-electron chi connectivity index (χ3n) is 5.08. The second kappa shape index (κ2) is 6.28. The first kappa shape index (κ1) is 14.6. The van der Waals surface area contributed by atoms with Crippen LogP contribution in [0.4, 0.5) is 0 Å². The Labute approximate surface area is 135 Å². The molecule has 0 bridgehead atoms. The van der Waals surface area contributed by atoms with Gasteiger partial charge < -0.3 is 10.6 Å². The van der Waals surface area contributed by atoms with Gasteiger partial charge in [0.05, 0.1) is 12.2 Å². The van der Waals surface area contributed by atoms with Crippen molar-refractivity contribution in [3.05, 3.63) is 24.0 Å². The number of hydrogen-bond donors (Lipinski definition) is 2. The second-order valence-corrected chi connectivity index (χ2v) is 6.59. The van der Waals surface area contributed by atoms with E-state index in [0.717, 1.165) is 49.1 Å². The van der Waals surface area contributed by atoms with Gasteiger partial charge in [0.15, 0.2) is 5.65 Å². The summed E-state index contributed by atoms with van der Waals surface area (Å²) in [7, 11) is 0. The fourth-order valence-corrected chi connectivity index (χ4v) is 3.48. The molecular formula is C17H23N5O. The van der Waals surface area contributed by atoms with E-state index >= 15 is 0 Å². The first-order valence-electron chi connectivity index (χ1n) is 8.63. The maximum absolute atomic E-state index is 11.9. The first-order valence-corrected chi connectivity index (χ1v) is 8.63. The normalized spacial score (nSPS) is 21.5. The van der Waals surface area contributed by atoms with E-state index in [1.54, 1.807) is 0 Å². The Morgan fingerprint density at radius 3 is 3.04 bits per heavy atom. The Bertz CT molecular complexity index is 700. The smallest absolute Gasteiger partial charge is 0.223 e. The number of aromatic nitrogens is 3. The molecule has 2 fully saturated rings. The maximum atomic E-state index is 11.9. The molecular weight excluding hydrogens is 290 g/mol. The summed E-state index contributed by atoms with van der Waals surface area (Å²) in [5, 5.41) is 12.4. The van der Waals surface area contributed by atoms with Crippen LogP contribution < -0.4 is 10.6 Å². The zero-order valence-electron chi connectivity index (χ0n) is 13.3. The Morgan fingerprint density at radius 2 is 2.30 bits per heavy atom. The van der Waals surface area contributed by atoms with Crippen molar-refractivity contribution < 1.29 is 4.79 Å². The molecule has 1 aliphatic carbocycles. The second-order valence-electron chi connectivity index (χ2n) is 6.59. The molecule has 3 heterocycles. The summed E-state index contributed by atoms with van der Waals surface area (Å²) in [5.41, 5.74) is 2.07. The predicted molar refractivity (Wildman–Crippen MR) is 88.1 cm³/mol. The van der Waals surface area contributed by atoms with Crippen LogP contribution in [0.25, 0.3) is 11.0 Å². The van der Waals surface area contributed by atoms with Crippen LogP contribution >= 0.6 is 0 Å². The van der Waals surface area contributed by atoms with Crippen molar-refractivity contribution in [3.63, 3.8) is 0 Å². The lowest BCUT2D eigenvalue weighted by Crippen LogP contribution is -2.36. The van der Waals surface area contributed by atoms with Crippen LogP contribution in [-0.4, -0.2) is 40.3 Å². The zero-order chi connectivity index (χ0) is 15.6. The lowest BCUT2D eigenvalue weighted by molar-refractivity contribution is -0.127. The first-order chi connectivity index (χ1) is 11.3. The van der Waals surface area contributed by atoms with Gasteiger partial charge in [-0.3, -0.25) is 4.79 Å². The van der Waals surface area contributed by atoms with E-state index in [4.69, 9.17) is 5.10 Å². The van der Waals surface area contributed by atoms with E-state index in [0.29, 0.717) is 19.0 Å². The van der Waals surface area contributed by atoms with E-state index in [2.05, 4.69) is 21.7 Å². The molecule has 4 rings (SSSR count). The van der Waals surface area contributed by atoms with Crippen LogP contribution in [0.1, 0.15) is 37.3 Å². The van der Waals surface area contributed by atoms with Gasteiger partial charge in [0, 0.05) is 36.5 Å². The van der Waals surface area contributed by atoms with E-state index < -0.39 is 0 Å². The van der Waals surface area contributed by atoms with Gasteiger partial charge in [0.25, 0.3) is 0 Å². The number of carbonyl (C=O) groups is 1. The number of rotatable bonds is 5. The molecule has 1 amide bonds. The molecule has 1 atom stereocenters. The van der Waals surface area contributed by atoms with Gasteiger partial charge >= 0.3 is 0 Å². The highest BCUT2D eigenvalue weighted by Gasteiger charge is 2.25. The number of amides is 1. The van der Waals surface area contributed by atoms with Crippen molar-refractivity contribution in [2.75, 3.05) is 19.6 Å². The standard InChI is InChI=1S/C17H23N5O/c23-17(12-3-1-4-12)20-9-10-22-16-14(5-2-7-19-16)15(21-22)13-6-8-18-11-13/h2,5,7,12-13,18H,1,3-4,6,8-11H2,(H,20,23)/t13-/m0/s1. The van der Waals surface area contributed by atoms with Gasteiger partial charge in [-0.05, 0) is 37.9 Å². The average molecular weight is 313 g/mol. The highest BCUT2D eigenvalue weighted by molar-refractivity contribution is 5.80. The minimum atomic E-state index is 0.195.